The quantitative estimate of drug-likeness (QED) is 0.702. The second-order valence-electron chi connectivity index (χ2n) is 2.33. The van der Waals surface area contributed by atoms with E-state index in [9.17, 15) is 4.79 Å². The van der Waals surface area contributed by atoms with Crippen LogP contribution in [0.2, 0.25) is 0 Å². The number of carbonyl (C=O) groups excluding carboxylic acids is 1. The lowest BCUT2D eigenvalue weighted by Crippen LogP contribution is -2.22. The molecule has 0 unspecified atom stereocenters. The first-order valence-corrected chi connectivity index (χ1v) is 4.20. The van der Waals surface area contributed by atoms with Gasteiger partial charge in [-0.2, -0.15) is 4.37 Å². The molecule has 66 valence electrons. The van der Waals surface area contributed by atoms with Gasteiger partial charge < -0.3 is 0 Å². The number of carbonyl (C=O) groups is 1. The average Bonchev–Trinajstić information content (AvgIpc) is 2.32. The van der Waals surface area contributed by atoms with Gasteiger partial charge in [-0.05, 0) is 25.4 Å². The molecule has 0 fully saturated rings. The van der Waals surface area contributed by atoms with E-state index in [0.717, 1.165) is 10.6 Å². The van der Waals surface area contributed by atoms with Gasteiger partial charge in [0, 0.05) is 4.88 Å². The molecule has 0 bridgehead atoms. The first kappa shape index (κ1) is 9.15. The van der Waals surface area contributed by atoms with Gasteiger partial charge in [0.15, 0.2) is 0 Å². The first-order valence-electron chi connectivity index (χ1n) is 3.43. The van der Waals surface area contributed by atoms with Crippen molar-refractivity contribution in [1.29, 1.82) is 0 Å². The molecular weight excluding hydrogens is 176 g/mol. The summed E-state index contributed by atoms with van der Waals surface area (Å²) in [6.45, 7) is 3.66. The monoisotopic (exact) mass is 186 g/mol. The normalized spacial score (nSPS) is 9.92. The summed E-state index contributed by atoms with van der Waals surface area (Å²) >= 11 is 1.32. The maximum absolute atomic E-state index is 11.3. The Balaban J connectivity index is 2.93. The first-order chi connectivity index (χ1) is 5.66. The summed E-state index contributed by atoms with van der Waals surface area (Å²) in [5.41, 5.74) is 3.61. The summed E-state index contributed by atoms with van der Waals surface area (Å²) in [4.78, 5) is 16.7. The SMILES string of the molecule is CONC(=O)c1c(C)nsc1C. The number of aryl methyl sites for hydroxylation is 2. The highest BCUT2D eigenvalue weighted by Gasteiger charge is 2.14. The fraction of sp³-hybridized carbons (Fsp3) is 0.429. The molecule has 5 heteroatoms. The van der Waals surface area contributed by atoms with Gasteiger partial charge >= 0.3 is 0 Å². The molecule has 0 radical (unpaired) electrons. The number of hydrogen-bond acceptors (Lipinski definition) is 4. The Labute approximate surface area is 74.7 Å². The van der Waals surface area contributed by atoms with E-state index in [1.807, 2.05) is 6.92 Å². The molecule has 12 heavy (non-hydrogen) atoms. The maximum Gasteiger partial charge on any atom is 0.277 e. The summed E-state index contributed by atoms with van der Waals surface area (Å²) in [6, 6.07) is 0. The summed E-state index contributed by atoms with van der Waals surface area (Å²) in [7, 11) is 1.41. The molecule has 0 atom stereocenters. The topological polar surface area (TPSA) is 51.2 Å². The summed E-state index contributed by atoms with van der Waals surface area (Å²) in [6.07, 6.45) is 0. The van der Waals surface area contributed by atoms with Crippen molar-refractivity contribution in [1.82, 2.24) is 9.85 Å². The largest absolute Gasteiger partial charge is 0.277 e. The number of hydroxylamine groups is 1. The van der Waals surface area contributed by atoms with E-state index in [-0.39, 0.29) is 5.91 Å². The highest BCUT2D eigenvalue weighted by Crippen LogP contribution is 2.16. The van der Waals surface area contributed by atoms with Crippen LogP contribution in [-0.2, 0) is 4.84 Å². The van der Waals surface area contributed by atoms with Gasteiger partial charge in [0.25, 0.3) is 5.91 Å². The van der Waals surface area contributed by atoms with Crippen LogP contribution in [0.4, 0.5) is 0 Å². The molecule has 0 spiro atoms. The molecule has 0 aliphatic carbocycles. The molecule has 1 aromatic rings. The Kier molecular flexibility index (Phi) is 2.78. The van der Waals surface area contributed by atoms with E-state index in [4.69, 9.17) is 0 Å². The third-order valence-corrected chi connectivity index (χ3v) is 2.30. The number of nitrogens with zero attached hydrogens (tertiary/aromatic N) is 1. The molecule has 0 aliphatic rings. The molecule has 0 aliphatic heterocycles. The molecule has 4 nitrogen and oxygen atoms in total. The van der Waals surface area contributed by atoms with Crippen molar-refractivity contribution in [3.8, 4) is 0 Å². The fourth-order valence-corrected chi connectivity index (χ4v) is 1.65. The Hall–Kier alpha value is -0.940. The highest BCUT2D eigenvalue weighted by atomic mass is 32.1. The zero-order valence-electron chi connectivity index (χ0n) is 7.17. The van der Waals surface area contributed by atoms with Gasteiger partial charge in [-0.15, -0.1) is 0 Å². The highest BCUT2D eigenvalue weighted by molar-refractivity contribution is 7.06. The number of nitrogens with one attached hydrogen (secondary N) is 1. The Bertz CT molecular complexity index is 276. The maximum atomic E-state index is 11.3. The second kappa shape index (κ2) is 3.64. The Morgan fingerprint density at radius 1 is 1.58 bits per heavy atom. The van der Waals surface area contributed by atoms with Crippen molar-refractivity contribution in [2.75, 3.05) is 7.11 Å². The molecule has 1 amide bonds. The van der Waals surface area contributed by atoms with Gasteiger partial charge in [-0.1, -0.05) is 0 Å². The lowest BCUT2D eigenvalue weighted by Gasteiger charge is -2.00. The van der Waals surface area contributed by atoms with Gasteiger partial charge in [-0.25, -0.2) is 5.48 Å². The average molecular weight is 186 g/mol. The molecule has 0 aromatic carbocycles. The number of rotatable bonds is 2. The molecule has 0 saturated carbocycles. The Morgan fingerprint density at radius 2 is 2.25 bits per heavy atom. The Morgan fingerprint density at radius 3 is 2.67 bits per heavy atom. The van der Waals surface area contributed by atoms with Crippen molar-refractivity contribution in [3.05, 3.63) is 16.1 Å². The van der Waals surface area contributed by atoms with E-state index in [0.29, 0.717) is 5.56 Å². The van der Waals surface area contributed by atoms with Crippen molar-refractivity contribution >= 4 is 17.4 Å². The standard InChI is InChI=1S/C7H10N2O2S/c1-4-6(5(2)12-9-4)7(10)8-11-3/h1-3H3,(H,8,10). The van der Waals surface area contributed by atoms with Crippen LogP contribution < -0.4 is 5.48 Å². The smallest absolute Gasteiger partial charge is 0.277 e. The van der Waals surface area contributed by atoms with E-state index in [2.05, 4.69) is 14.7 Å². The van der Waals surface area contributed by atoms with Crippen molar-refractivity contribution in [2.24, 2.45) is 0 Å². The van der Waals surface area contributed by atoms with Crippen LogP contribution >= 0.6 is 11.5 Å². The zero-order chi connectivity index (χ0) is 9.14. The van der Waals surface area contributed by atoms with Crippen LogP contribution in [0, 0.1) is 13.8 Å². The minimum Gasteiger partial charge on any atom is -0.277 e. The van der Waals surface area contributed by atoms with Crippen LogP contribution in [0.1, 0.15) is 20.9 Å². The molecule has 1 N–H and O–H groups in total. The zero-order valence-corrected chi connectivity index (χ0v) is 7.99. The predicted molar refractivity (Wildman–Crippen MR) is 46.1 cm³/mol. The van der Waals surface area contributed by atoms with Crippen LogP contribution in [0.15, 0.2) is 0 Å². The number of hydrogen-bond donors (Lipinski definition) is 1. The third kappa shape index (κ3) is 1.62. The van der Waals surface area contributed by atoms with Crippen LogP contribution in [-0.4, -0.2) is 17.4 Å². The van der Waals surface area contributed by atoms with E-state index >= 15 is 0 Å². The van der Waals surface area contributed by atoms with Gasteiger partial charge in [0.1, 0.15) is 0 Å². The molecular formula is C7H10N2O2S. The molecule has 0 saturated heterocycles. The summed E-state index contributed by atoms with van der Waals surface area (Å²) in [5.74, 6) is -0.235. The summed E-state index contributed by atoms with van der Waals surface area (Å²) < 4.78 is 4.04. The molecule has 1 heterocycles. The summed E-state index contributed by atoms with van der Waals surface area (Å²) in [5, 5.41) is 0. The molecule has 1 aromatic heterocycles. The molecule has 1 rings (SSSR count). The third-order valence-electron chi connectivity index (χ3n) is 1.46. The number of aromatic nitrogens is 1. The van der Waals surface area contributed by atoms with Gasteiger partial charge in [0.05, 0.1) is 18.4 Å². The lowest BCUT2D eigenvalue weighted by atomic mass is 10.2. The number of amides is 1. The van der Waals surface area contributed by atoms with Crippen LogP contribution in [0.5, 0.6) is 0 Å². The van der Waals surface area contributed by atoms with Crippen LogP contribution in [0.3, 0.4) is 0 Å². The minimum atomic E-state index is -0.235. The van der Waals surface area contributed by atoms with Crippen molar-refractivity contribution < 1.29 is 9.63 Å². The van der Waals surface area contributed by atoms with Crippen molar-refractivity contribution in [3.63, 3.8) is 0 Å². The lowest BCUT2D eigenvalue weighted by molar-refractivity contribution is 0.0536. The van der Waals surface area contributed by atoms with Crippen LogP contribution in [0.25, 0.3) is 0 Å². The fourth-order valence-electron chi connectivity index (χ4n) is 0.951. The van der Waals surface area contributed by atoms with Gasteiger partial charge in [0.2, 0.25) is 0 Å². The predicted octanol–water partition coefficient (Wildman–Crippen LogP) is 1.05. The van der Waals surface area contributed by atoms with E-state index in [1.165, 1.54) is 18.6 Å². The van der Waals surface area contributed by atoms with E-state index < -0.39 is 0 Å². The minimum absolute atomic E-state index is 0.235. The van der Waals surface area contributed by atoms with Crippen molar-refractivity contribution in [2.45, 2.75) is 13.8 Å². The van der Waals surface area contributed by atoms with E-state index in [1.54, 1.807) is 6.92 Å². The van der Waals surface area contributed by atoms with Gasteiger partial charge in [-0.3, -0.25) is 9.63 Å². The second-order valence-corrected chi connectivity index (χ2v) is 3.31.